The fourth-order valence-electron chi connectivity index (χ4n) is 5.63. The number of aliphatic hydroxyl groups excluding tert-OH is 2. The van der Waals surface area contributed by atoms with Crippen LogP contribution in [0.4, 0.5) is 0 Å². The third kappa shape index (κ3) is 16.2. The molecule has 0 unspecified atom stereocenters. The number of ether oxygens (including phenoxy) is 4. The molecule has 0 bridgehead atoms. The van der Waals surface area contributed by atoms with E-state index in [2.05, 4.69) is 50.3 Å². The van der Waals surface area contributed by atoms with Crippen molar-refractivity contribution >= 4 is 5.97 Å². The summed E-state index contributed by atoms with van der Waals surface area (Å²) < 4.78 is 22.4. The van der Waals surface area contributed by atoms with Gasteiger partial charge in [-0.3, -0.25) is 4.79 Å². The Bertz CT molecular complexity index is 898. The third-order valence-corrected chi connectivity index (χ3v) is 8.78. The Labute approximate surface area is 261 Å². The number of hydrogen-bond acceptors (Lipinski definition) is 7. The zero-order valence-electron chi connectivity index (χ0n) is 27.6. The van der Waals surface area contributed by atoms with Crippen LogP contribution in [0.5, 0.6) is 0 Å². The van der Waals surface area contributed by atoms with Crippen LogP contribution in [0, 0.1) is 11.8 Å². The fraction of sp³-hybridized carbons (Fsp3) is 0.750. The molecule has 1 saturated carbocycles. The van der Waals surface area contributed by atoms with Crippen molar-refractivity contribution in [3.8, 4) is 0 Å². The van der Waals surface area contributed by atoms with Crippen molar-refractivity contribution in [2.45, 2.75) is 128 Å². The summed E-state index contributed by atoms with van der Waals surface area (Å²) >= 11 is 0. The number of carbonyl (C=O) groups is 1. The summed E-state index contributed by atoms with van der Waals surface area (Å²) in [5.74, 6) is 0.0499. The second kappa shape index (κ2) is 20.3. The van der Waals surface area contributed by atoms with Gasteiger partial charge in [-0.25, -0.2) is 0 Å². The zero-order valence-corrected chi connectivity index (χ0v) is 27.6. The molecular weight excluding hydrogens is 544 g/mol. The summed E-state index contributed by atoms with van der Waals surface area (Å²) in [5.41, 5.74) is 0.899. The number of allylic oxidation sites excluding steroid dienone is 2. The Morgan fingerprint density at radius 1 is 0.860 bits per heavy atom. The second-order valence-electron chi connectivity index (χ2n) is 13.3. The van der Waals surface area contributed by atoms with Crippen molar-refractivity contribution in [3.05, 3.63) is 48.0 Å². The largest absolute Gasteiger partial charge is 0.463 e. The lowest BCUT2D eigenvalue weighted by Crippen LogP contribution is -2.31. The molecule has 0 saturated heterocycles. The number of carbonyl (C=O) groups excluding carboxylic acids is 1. The summed E-state index contributed by atoms with van der Waals surface area (Å²) in [6, 6.07) is 10.6. The van der Waals surface area contributed by atoms with Crippen molar-refractivity contribution in [2.24, 2.45) is 11.8 Å². The number of methoxy groups -OCH3 is 1. The maximum atomic E-state index is 12.1. The maximum absolute atomic E-state index is 12.1. The molecule has 7 heteroatoms. The number of aryl methyl sites for hydroxylation is 1. The van der Waals surface area contributed by atoms with Crippen LogP contribution >= 0.6 is 0 Å². The lowest BCUT2D eigenvalue weighted by molar-refractivity contribution is -0.145. The van der Waals surface area contributed by atoms with E-state index < -0.39 is 12.2 Å². The van der Waals surface area contributed by atoms with Gasteiger partial charge in [-0.2, -0.15) is 0 Å². The minimum atomic E-state index is -0.446. The van der Waals surface area contributed by atoms with Crippen molar-refractivity contribution < 1.29 is 34.0 Å². The quantitative estimate of drug-likeness (QED) is 0.0804. The smallest absolute Gasteiger partial charge is 0.305 e. The average Bonchev–Trinajstić information content (AvgIpc) is 3.23. The molecule has 7 nitrogen and oxygen atoms in total. The van der Waals surface area contributed by atoms with E-state index in [1.54, 1.807) is 7.11 Å². The molecule has 2 rings (SSSR count). The Balaban J connectivity index is 1.50. The van der Waals surface area contributed by atoms with Gasteiger partial charge in [-0.15, -0.1) is 0 Å². The summed E-state index contributed by atoms with van der Waals surface area (Å²) in [5, 5.41) is 21.1. The van der Waals surface area contributed by atoms with E-state index in [4.69, 9.17) is 18.9 Å². The minimum absolute atomic E-state index is 0.102. The highest BCUT2D eigenvalue weighted by atomic mass is 16.6. The first kappa shape index (κ1) is 37.4. The van der Waals surface area contributed by atoms with E-state index in [-0.39, 0.29) is 35.6 Å². The van der Waals surface area contributed by atoms with E-state index in [1.807, 2.05) is 19.9 Å². The van der Waals surface area contributed by atoms with Crippen molar-refractivity contribution in [1.82, 2.24) is 0 Å². The van der Waals surface area contributed by atoms with Crippen molar-refractivity contribution in [1.29, 1.82) is 0 Å². The van der Waals surface area contributed by atoms with E-state index in [9.17, 15) is 15.0 Å². The molecule has 0 heterocycles. The maximum Gasteiger partial charge on any atom is 0.305 e. The standard InChI is InChI=1S/C36H60O7/c1-35(2,40-5)23-25-43-36(3,4)22-24-41-26-27-42-34(39)21-15-7-6-13-19-30-31(33(38)28-32(30)37)20-14-9-12-18-29-16-10-8-11-17-29/h6,8,10-11,13,16-17,30-33,37-38H,7,9,12,14-15,18-28H2,1-5H3/b13-6-/t30-,31-,32+,33-/m1/s1. The molecule has 0 spiro atoms. The molecular formula is C36H60O7. The molecule has 0 radical (unpaired) electrons. The Hall–Kier alpha value is -1.77. The van der Waals surface area contributed by atoms with Crippen LogP contribution in [-0.2, 0) is 30.2 Å². The third-order valence-electron chi connectivity index (χ3n) is 8.78. The van der Waals surface area contributed by atoms with Crippen LogP contribution in [0.1, 0.15) is 104 Å². The predicted molar refractivity (Wildman–Crippen MR) is 172 cm³/mol. The van der Waals surface area contributed by atoms with Crippen LogP contribution in [0.2, 0.25) is 0 Å². The topological polar surface area (TPSA) is 94.5 Å². The molecule has 1 aliphatic rings. The van der Waals surface area contributed by atoms with Crippen LogP contribution in [0.25, 0.3) is 0 Å². The van der Waals surface area contributed by atoms with Gasteiger partial charge in [0.25, 0.3) is 0 Å². The number of unbranched alkanes of at least 4 members (excludes halogenated alkanes) is 3. The van der Waals surface area contributed by atoms with Gasteiger partial charge in [-0.05, 0) is 103 Å². The first-order valence-corrected chi connectivity index (χ1v) is 16.5. The number of aliphatic hydroxyl groups is 2. The van der Waals surface area contributed by atoms with Gasteiger partial charge in [0.05, 0.1) is 36.6 Å². The van der Waals surface area contributed by atoms with Crippen molar-refractivity contribution in [3.63, 3.8) is 0 Å². The molecule has 1 aromatic carbocycles. The second-order valence-corrected chi connectivity index (χ2v) is 13.3. The van der Waals surface area contributed by atoms with Crippen LogP contribution < -0.4 is 0 Å². The predicted octanol–water partition coefficient (Wildman–Crippen LogP) is 6.82. The first-order valence-electron chi connectivity index (χ1n) is 16.5. The van der Waals surface area contributed by atoms with Gasteiger partial charge in [0, 0.05) is 20.1 Å². The van der Waals surface area contributed by atoms with E-state index in [0.717, 1.165) is 64.2 Å². The Kier molecular flexibility index (Phi) is 17.7. The molecule has 0 amide bonds. The summed E-state index contributed by atoms with van der Waals surface area (Å²) in [4.78, 5) is 12.1. The van der Waals surface area contributed by atoms with E-state index in [0.29, 0.717) is 32.7 Å². The lowest BCUT2D eigenvalue weighted by Gasteiger charge is -2.28. The van der Waals surface area contributed by atoms with Crippen LogP contribution in [0.3, 0.4) is 0 Å². The monoisotopic (exact) mass is 604 g/mol. The highest BCUT2D eigenvalue weighted by Gasteiger charge is 2.40. The lowest BCUT2D eigenvalue weighted by atomic mass is 9.86. The zero-order chi connectivity index (χ0) is 31.6. The molecule has 0 aliphatic heterocycles. The molecule has 4 atom stereocenters. The summed E-state index contributed by atoms with van der Waals surface area (Å²) in [7, 11) is 1.71. The Morgan fingerprint density at radius 3 is 2.33 bits per heavy atom. The van der Waals surface area contributed by atoms with Gasteiger partial charge in [0.2, 0.25) is 0 Å². The number of rotatable bonds is 23. The number of benzene rings is 1. The van der Waals surface area contributed by atoms with Gasteiger partial charge in [-0.1, -0.05) is 55.3 Å². The molecule has 0 aromatic heterocycles. The van der Waals surface area contributed by atoms with Gasteiger partial charge >= 0.3 is 5.97 Å². The number of esters is 1. The Morgan fingerprint density at radius 2 is 1.58 bits per heavy atom. The fourth-order valence-corrected chi connectivity index (χ4v) is 5.63. The van der Waals surface area contributed by atoms with Crippen molar-refractivity contribution in [2.75, 3.05) is 33.5 Å². The summed E-state index contributed by atoms with van der Waals surface area (Å²) in [6.45, 7) is 10.0. The van der Waals surface area contributed by atoms with Crippen LogP contribution in [0.15, 0.2) is 42.5 Å². The van der Waals surface area contributed by atoms with E-state index in [1.165, 1.54) is 5.56 Å². The highest BCUT2D eigenvalue weighted by Crippen LogP contribution is 2.38. The normalized spacial score (nSPS) is 21.1. The SMILES string of the molecule is COC(C)(C)CCOC(C)(C)CCOCCOC(=O)CCC/C=C\C[C@@H]1[C@@H](CCCCCc2ccccc2)[C@H](O)C[C@@H]1O. The molecule has 246 valence electrons. The molecule has 1 fully saturated rings. The van der Waals surface area contributed by atoms with E-state index >= 15 is 0 Å². The number of hydrogen-bond donors (Lipinski definition) is 2. The molecule has 2 N–H and O–H groups in total. The molecule has 43 heavy (non-hydrogen) atoms. The molecule has 1 aromatic rings. The van der Waals surface area contributed by atoms with Gasteiger partial charge < -0.3 is 29.2 Å². The average molecular weight is 605 g/mol. The highest BCUT2D eigenvalue weighted by molar-refractivity contribution is 5.69. The first-order chi connectivity index (χ1) is 20.5. The minimum Gasteiger partial charge on any atom is -0.463 e. The van der Waals surface area contributed by atoms with Crippen LogP contribution in [-0.4, -0.2) is 73.1 Å². The molecule has 1 aliphatic carbocycles. The van der Waals surface area contributed by atoms with Gasteiger partial charge in [0.1, 0.15) is 6.61 Å². The van der Waals surface area contributed by atoms with Gasteiger partial charge in [0.15, 0.2) is 0 Å². The summed E-state index contributed by atoms with van der Waals surface area (Å²) in [6.07, 6.45) is 13.5.